The molecule has 0 atom stereocenters. The Hall–Kier alpha value is -2.30. The zero-order chi connectivity index (χ0) is 17.0. The van der Waals surface area contributed by atoms with Crippen molar-refractivity contribution >= 4 is 5.96 Å². The van der Waals surface area contributed by atoms with Crippen molar-refractivity contribution in [1.82, 2.24) is 19.8 Å². The van der Waals surface area contributed by atoms with Gasteiger partial charge in [-0.25, -0.2) is 4.98 Å². The van der Waals surface area contributed by atoms with Gasteiger partial charge in [0.1, 0.15) is 0 Å². The molecule has 128 valence electrons. The third kappa shape index (κ3) is 4.16. The first-order chi connectivity index (χ1) is 11.6. The molecule has 1 saturated heterocycles. The largest absolute Gasteiger partial charge is 0.352 e. The van der Waals surface area contributed by atoms with Gasteiger partial charge >= 0.3 is 0 Å². The summed E-state index contributed by atoms with van der Waals surface area (Å²) >= 11 is 0. The molecule has 0 radical (unpaired) electrons. The average Bonchev–Trinajstić information content (AvgIpc) is 3.18. The lowest BCUT2D eigenvalue weighted by molar-refractivity contribution is 0.370. The molecule has 24 heavy (non-hydrogen) atoms. The van der Waals surface area contributed by atoms with Crippen molar-refractivity contribution in [3.8, 4) is 0 Å². The van der Waals surface area contributed by atoms with Crippen LogP contribution in [0.4, 0.5) is 0 Å². The standard InChI is InChI=1S/C19H27N5/c1-19(2)7-9-24(14-19)18(20-3)22-12-16-5-4-6-17(11-16)13-23-10-8-21-15-23/h4-6,8,10-11,15H,7,9,12-14H2,1-3H3,(H,20,22). The quantitative estimate of drug-likeness (QED) is 0.694. The molecule has 1 aromatic carbocycles. The molecule has 0 bridgehead atoms. The minimum absolute atomic E-state index is 0.377. The van der Waals surface area contributed by atoms with Crippen molar-refractivity contribution in [3.05, 3.63) is 54.1 Å². The first kappa shape index (κ1) is 16.6. The highest BCUT2D eigenvalue weighted by Crippen LogP contribution is 2.28. The number of guanidine groups is 1. The highest BCUT2D eigenvalue weighted by atomic mass is 15.3. The number of hydrogen-bond donors (Lipinski definition) is 1. The fourth-order valence-electron chi connectivity index (χ4n) is 3.24. The molecule has 2 aromatic rings. The maximum absolute atomic E-state index is 4.45. The summed E-state index contributed by atoms with van der Waals surface area (Å²) in [7, 11) is 1.86. The average molecular weight is 325 g/mol. The van der Waals surface area contributed by atoms with E-state index in [0.717, 1.165) is 32.1 Å². The third-order valence-electron chi connectivity index (χ3n) is 4.56. The van der Waals surface area contributed by atoms with Crippen LogP contribution in [-0.2, 0) is 13.1 Å². The van der Waals surface area contributed by atoms with Crippen molar-refractivity contribution in [2.75, 3.05) is 20.1 Å². The summed E-state index contributed by atoms with van der Waals surface area (Å²) in [5, 5.41) is 3.51. The second-order valence-electron chi connectivity index (χ2n) is 7.29. The van der Waals surface area contributed by atoms with Crippen molar-refractivity contribution in [2.24, 2.45) is 10.4 Å². The van der Waals surface area contributed by atoms with E-state index in [0.29, 0.717) is 5.41 Å². The van der Waals surface area contributed by atoms with Gasteiger partial charge in [0.15, 0.2) is 5.96 Å². The Labute approximate surface area is 144 Å². The second kappa shape index (κ2) is 7.07. The molecule has 0 spiro atoms. The summed E-state index contributed by atoms with van der Waals surface area (Å²) < 4.78 is 2.08. The van der Waals surface area contributed by atoms with E-state index in [1.54, 1.807) is 0 Å². The zero-order valence-corrected chi connectivity index (χ0v) is 14.9. The van der Waals surface area contributed by atoms with Crippen LogP contribution in [0, 0.1) is 5.41 Å². The topological polar surface area (TPSA) is 45.5 Å². The Morgan fingerprint density at radius 3 is 2.83 bits per heavy atom. The Bertz CT molecular complexity index is 688. The monoisotopic (exact) mass is 325 g/mol. The van der Waals surface area contributed by atoms with E-state index in [2.05, 4.69) is 62.9 Å². The lowest BCUT2D eigenvalue weighted by Gasteiger charge is -2.23. The lowest BCUT2D eigenvalue weighted by atomic mass is 9.93. The lowest BCUT2D eigenvalue weighted by Crippen LogP contribution is -2.40. The molecule has 0 saturated carbocycles. The van der Waals surface area contributed by atoms with Crippen LogP contribution in [0.1, 0.15) is 31.4 Å². The molecule has 5 heteroatoms. The van der Waals surface area contributed by atoms with E-state index in [4.69, 9.17) is 0 Å². The summed E-state index contributed by atoms with van der Waals surface area (Å²) in [6, 6.07) is 8.67. The Morgan fingerprint density at radius 2 is 2.17 bits per heavy atom. The van der Waals surface area contributed by atoms with E-state index < -0.39 is 0 Å². The number of benzene rings is 1. The number of nitrogens with zero attached hydrogens (tertiary/aromatic N) is 4. The molecule has 1 aromatic heterocycles. The summed E-state index contributed by atoms with van der Waals surface area (Å²) in [5.74, 6) is 1.00. The van der Waals surface area contributed by atoms with Crippen LogP contribution in [0.25, 0.3) is 0 Å². The van der Waals surface area contributed by atoms with Gasteiger partial charge in [0.25, 0.3) is 0 Å². The molecule has 1 aliphatic rings. The minimum atomic E-state index is 0.377. The molecular weight excluding hydrogens is 298 g/mol. The summed E-state index contributed by atoms with van der Waals surface area (Å²) in [6.07, 6.45) is 6.87. The first-order valence-corrected chi connectivity index (χ1v) is 8.55. The van der Waals surface area contributed by atoms with Gasteiger partial charge in [-0.3, -0.25) is 4.99 Å². The molecule has 1 aliphatic heterocycles. The van der Waals surface area contributed by atoms with Crippen LogP contribution in [0.3, 0.4) is 0 Å². The Morgan fingerprint density at radius 1 is 1.33 bits per heavy atom. The van der Waals surface area contributed by atoms with Gasteiger partial charge in [0, 0.05) is 45.6 Å². The maximum Gasteiger partial charge on any atom is 0.193 e. The van der Waals surface area contributed by atoms with Gasteiger partial charge in [-0.1, -0.05) is 38.1 Å². The molecule has 1 fully saturated rings. The number of rotatable bonds is 4. The minimum Gasteiger partial charge on any atom is -0.352 e. The zero-order valence-electron chi connectivity index (χ0n) is 14.9. The van der Waals surface area contributed by atoms with E-state index in [9.17, 15) is 0 Å². The Kier molecular flexibility index (Phi) is 4.88. The molecule has 5 nitrogen and oxygen atoms in total. The molecule has 0 unspecified atom stereocenters. The van der Waals surface area contributed by atoms with Gasteiger partial charge < -0.3 is 14.8 Å². The van der Waals surface area contributed by atoms with Crippen LogP contribution < -0.4 is 5.32 Å². The summed E-state index contributed by atoms with van der Waals surface area (Å²) in [5.41, 5.74) is 2.93. The van der Waals surface area contributed by atoms with E-state index in [1.807, 2.05) is 25.8 Å². The normalized spacial score (nSPS) is 17.3. The highest BCUT2D eigenvalue weighted by Gasteiger charge is 2.30. The number of aliphatic imine (C=N–C) groups is 1. The van der Waals surface area contributed by atoms with Crippen molar-refractivity contribution in [2.45, 2.75) is 33.4 Å². The van der Waals surface area contributed by atoms with Gasteiger partial charge in [-0.15, -0.1) is 0 Å². The van der Waals surface area contributed by atoms with Crippen LogP contribution in [-0.4, -0.2) is 40.5 Å². The second-order valence-corrected chi connectivity index (χ2v) is 7.29. The molecule has 2 heterocycles. The van der Waals surface area contributed by atoms with Crippen LogP contribution in [0.15, 0.2) is 48.0 Å². The van der Waals surface area contributed by atoms with Crippen molar-refractivity contribution in [3.63, 3.8) is 0 Å². The SMILES string of the molecule is CN=C(NCc1cccc(Cn2ccnc2)c1)N1CCC(C)(C)C1. The predicted octanol–water partition coefficient (Wildman–Crippen LogP) is 2.74. The fourth-order valence-corrected chi connectivity index (χ4v) is 3.24. The third-order valence-corrected chi connectivity index (χ3v) is 4.56. The van der Waals surface area contributed by atoms with Gasteiger partial charge in [-0.05, 0) is 23.0 Å². The summed E-state index contributed by atoms with van der Waals surface area (Å²) in [4.78, 5) is 10.9. The molecule has 3 rings (SSSR count). The molecule has 0 amide bonds. The molecular formula is C19H27N5. The van der Waals surface area contributed by atoms with Gasteiger partial charge in [0.2, 0.25) is 0 Å². The first-order valence-electron chi connectivity index (χ1n) is 8.55. The maximum atomic E-state index is 4.45. The van der Waals surface area contributed by atoms with E-state index >= 15 is 0 Å². The number of nitrogens with one attached hydrogen (secondary N) is 1. The number of hydrogen-bond acceptors (Lipinski definition) is 2. The highest BCUT2D eigenvalue weighted by molar-refractivity contribution is 5.80. The van der Waals surface area contributed by atoms with Crippen molar-refractivity contribution in [1.29, 1.82) is 0 Å². The van der Waals surface area contributed by atoms with Gasteiger partial charge in [-0.2, -0.15) is 0 Å². The Balaban J connectivity index is 1.59. The number of likely N-dealkylation sites (tertiary alicyclic amines) is 1. The predicted molar refractivity (Wildman–Crippen MR) is 97.9 cm³/mol. The molecule has 1 N–H and O–H groups in total. The van der Waals surface area contributed by atoms with E-state index in [-0.39, 0.29) is 0 Å². The van der Waals surface area contributed by atoms with Crippen LogP contribution in [0.5, 0.6) is 0 Å². The molecule has 0 aliphatic carbocycles. The smallest absolute Gasteiger partial charge is 0.193 e. The number of aromatic nitrogens is 2. The number of imidazole rings is 1. The summed E-state index contributed by atoms with van der Waals surface area (Å²) in [6.45, 7) is 8.42. The van der Waals surface area contributed by atoms with Crippen LogP contribution >= 0.6 is 0 Å². The van der Waals surface area contributed by atoms with Gasteiger partial charge in [0.05, 0.1) is 6.33 Å². The van der Waals surface area contributed by atoms with E-state index in [1.165, 1.54) is 17.5 Å². The van der Waals surface area contributed by atoms with Crippen molar-refractivity contribution < 1.29 is 0 Å². The van der Waals surface area contributed by atoms with Crippen LogP contribution in [0.2, 0.25) is 0 Å². The fraction of sp³-hybridized carbons (Fsp3) is 0.474.